The molecule has 1 unspecified atom stereocenters. The van der Waals surface area contributed by atoms with Gasteiger partial charge in [0, 0.05) is 24.4 Å². The van der Waals surface area contributed by atoms with Gasteiger partial charge in [-0.15, -0.1) is 0 Å². The third-order valence-corrected chi connectivity index (χ3v) is 2.70. The predicted molar refractivity (Wildman–Crippen MR) is 75.5 cm³/mol. The average molecular weight is 281 g/mol. The molecule has 0 aliphatic heterocycles. The highest BCUT2D eigenvalue weighted by Crippen LogP contribution is 2.15. The smallest absolute Gasteiger partial charge is 0.269 e. The average Bonchev–Trinajstić information content (AvgIpc) is 2.36. The van der Waals surface area contributed by atoms with Gasteiger partial charge in [0.1, 0.15) is 0 Å². The van der Waals surface area contributed by atoms with Gasteiger partial charge in [0.05, 0.1) is 17.6 Å². The van der Waals surface area contributed by atoms with Crippen molar-refractivity contribution in [3.8, 4) is 0 Å². The third-order valence-electron chi connectivity index (χ3n) is 2.70. The van der Waals surface area contributed by atoms with Crippen LogP contribution in [0.1, 0.15) is 13.3 Å². The number of nitrogens with one attached hydrogen (secondary N) is 1. The molecule has 0 saturated carbocycles. The summed E-state index contributed by atoms with van der Waals surface area (Å²) in [5.41, 5.74) is 0.501. The van der Waals surface area contributed by atoms with Crippen molar-refractivity contribution in [3.63, 3.8) is 0 Å². The molecule has 1 aromatic carbocycles. The van der Waals surface area contributed by atoms with Gasteiger partial charge in [-0.1, -0.05) is 0 Å². The van der Waals surface area contributed by atoms with E-state index in [-0.39, 0.29) is 18.1 Å². The number of aliphatic hydroxyl groups excluding tert-OH is 1. The first-order valence-electron chi connectivity index (χ1n) is 6.29. The van der Waals surface area contributed by atoms with Gasteiger partial charge >= 0.3 is 0 Å². The molecule has 7 heteroatoms. The molecule has 0 aromatic heterocycles. The molecule has 7 nitrogen and oxygen atoms in total. The van der Waals surface area contributed by atoms with Crippen LogP contribution in [0.25, 0.3) is 0 Å². The van der Waals surface area contributed by atoms with Gasteiger partial charge in [0.25, 0.3) is 5.69 Å². The molecule has 0 aliphatic carbocycles. The number of anilines is 1. The van der Waals surface area contributed by atoms with Crippen LogP contribution in [0.4, 0.5) is 11.4 Å². The first-order valence-corrected chi connectivity index (χ1v) is 6.29. The quantitative estimate of drug-likeness (QED) is 0.579. The van der Waals surface area contributed by atoms with Gasteiger partial charge in [-0.3, -0.25) is 19.8 Å². The molecular weight excluding hydrogens is 262 g/mol. The number of rotatable bonds is 7. The largest absolute Gasteiger partial charge is 0.393 e. The van der Waals surface area contributed by atoms with Gasteiger partial charge in [0.2, 0.25) is 5.91 Å². The Bertz CT molecular complexity index is 459. The summed E-state index contributed by atoms with van der Waals surface area (Å²) < 4.78 is 0. The van der Waals surface area contributed by atoms with Gasteiger partial charge < -0.3 is 10.4 Å². The molecule has 20 heavy (non-hydrogen) atoms. The Balaban J connectivity index is 2.43. The molecular formula is C13H19N3O4. The summed E-state index contributed by atoms with van der Waals surface area (Å²) in [5.74, 6) is -0.202. The molecule has 0 heterocycles. The number of nitro benzene ring substituents is 1. The molecule has 0 spiro atoms. The fourth-order valence-electron chi connectivity index (χ4n) is 1.60. The molecule has 0 aliphatic rings. The van der Waals surface area contributed by atoms with E-state index >= 15 is 0 Å². The number of non-ortho nitro benzene ring substituents is 1. The molecule has 0 saturated heterocycles. The first-order chi connectivity index (χ1) is 9.38. The first kappa shape index (κ1) is 16.1. The number of amides is 1. The molecule has 0 radical (unpaired) electrons. The van der Waals surface area contributed by atoms with Crippen molar-refractivity contribution in [1.29, 1.82) is 0 Å². The van der Waals surface area contributed by atoms with E-state index in [4.69, 9.17) is 5.11 Å². The summed E-state index contributed by atoms with van der Waals surface area (Å²) in [4.78, 5) is 23.5. The van der Waals surface area contributed by atoms with E-state index in [0.29, 0.717) is 18.7 Å². The maximum absolute atomic E-state index is 11.7. The van der Waals surface area contributed by atoms with Crippen molar-refractivity contribution in [3.05, 3.63) is 34.4 Å². The number of hydrogen-bond donors (Lipinski definition) is 2. The lowest BCUT2D eigenvalue weighted by Gasteiger charge is -2.16. The van der Waals surface area contributed by atoms with E-state index < -0.39 is 11.0 Å². The van der Waals surface area contributed by atoms with Gasteiger partial charge in [-0.05, 0) is 32.5 Å². The molecule has 1 rings (SSSR count). The second-order valence-corrected chi connectivity index (χ2v) is 4.73. The van der Waals surface area contributed by atoms with E-state index in [2.05, 4.69) is 5.32 Å². The van der Waals surface area contributed by atoms with Crippen LogP contribution in [-0.2, 0) is 4.79 Å². The second-order valence-electron chi connectivity index (χ2n) is 4.73. The Morgan fingerprint density at radius 3 is 2.55 bits per heavy atom. The maximum Gasteiger partial charge on any atom is 0.269 e. The molecule has 0 fully saturated rings. The van der Waals surface area contributed by atoms with E-state index in [9.17, 15) is 14.9 Å². The van der Waals surface area contributed by atoms with Crippen LogP contribution in [-0.4, -0.2) is 47.1 Å². The van der Waals surface area contributed by atoms with E-state index in [1.54, 1.807) is 18.9 Å². The zero-order valence-corrected chi connectivity index (χ0v) is 11.6. The lowest BCUT2D eigenvalue weighted by atomic mass is 10.2. The van der Waals surface area contributed by atoms with E-state index in [1.165, 1.54) is 24.3 Å². The predicted octanol–water partition coefficient (Wildman–Crippen LogP) is 1.24. The number of carbonyl (C=O) groups excluding carboxylic acids is 1. The van der Waals surface area contributed by atoms with Gasteiger partial charge in [-0.25, -0.2) is 0 Å². The van der Waals surface area contributed by atoms with Crippen LogP contribution in [0, 0.1) is 10.1 Å². The highest BCUT2D eigenvalue weighted by atomic mass is 16.6. The minimum absolute atomic E-state index is 0.0166. The molecule has 1 atom stereocenters. The molecule has 1 aromatic rings. The summed E-state index contributed by atoms with van der Waals surface area (Å²) in [6, 6.07) is 5.66. The van der Waals surface area contributed by atoms with Gasteiger partial charge in [0.15, 0.2) is 0 Å². The van der Waals surface area contributed by atoms with Crippen molar-refractivity contribution in [1.82, 2.24) is 4.90 Å². The monoisotopic (exact) mass is 281 g/mol. The van der Waals surface area contributed by atoms with Crippen LogP contribution in [0.15, 0.2) is 24.3 Å². The highest BCUT2D eigenvalue weighted by Gasteiger charge is 2.09. The van der Waals surface area contributed by atoms with Crippen molar-refractivity contribution in [2.75, 3.05) is 25.5 Å². The van der Waals surface area contributed by atoms with E-state index in [0.717, 1.165) is 0 Å². The number of likely N-dealkylation sites (N-methyl/N-ethyl adjacent to an activating group) is 1. The summed E-state index contributed by atoms with van der Waals surface area (Å²) >= 11 is 0. The fourth-order valence-corrected chi connectivity index (χ4v) is 1.60. The van der Waals surface area contributed by atoms with Crippen LogP contribution < -0.4 is 5.32 Å². The van der Waals surface area contributed by atoms with E-state index in [1.807, 2.05) is 0 Å². The summed E-state index contributed by atoms with van der Waals surface area (Å²) in [5, 5.41) is 22.3. The summed E-state index contributed by atoms with van der Waals surface area (Å²) in [6.45, 7) is 2.51. The van der Waals surface area contributed by atoms with Crippen molar-refractivity contribution < 1.29 is 14.8 Å². The number of nitrogens with zero attached hydrogens (tertiary/aromatic N) is 2. The Kier molecular flexibility index (Phi) is 6.08. The van der Waals surface area contributed by atoms with Crippen molar-refractivity contribution in [2.24, 2.45) is 0 Å². The summed E-state index contributed by atoms with van der Waals surface area (Å²) in [6.07, 6.45) is 0.205. The topological polar surface area (TPSA) is 95.7 Å². The van der Waals surface area contributed by atoms with Crippen LogP contribution in [0.2, 0.25) is 0 Å². The Hall–Kier alpha value is -1.99. The number of hydrogen-bond acceptors (Lipinski definition) is 5. The molecule has 2 N–H and O–H groups in total. The highest BCUT2D eigenvalue weighted by molar-refractivity contribution is 5.92. The third kappa shape index (κ3) is 5.77. The SMILES string of the molecule is CC(O)CCN(C)CC(=O)Nc1ccc([N+](=O)[O-])cc1. The lowest BCUT2D eigenvalue weighted by Crippen LogP contribution is -2.32. The minimum atomic E-state index is -0.491. The van der Waals surface area contributed by atoms with Gasteiger partial charge in [-0.2, -0.15) is 0 Å². The fraction of sp³-hybridized carbons (Fsp3) is 0.462. The number of carbonyl (C=O) groups is 1. The second kappa shape index (κ2) is 7.56. The Morgan fingerprint density at radius 1 is 1.45 bits per heavy atom. The number of aliphatic hydroxyl groups is 1. The Labute approximate surface area is 117 Å². The molecule has 1 amide bonds. The molecule has 0 bridgehead atoms. The summed E-state index contributed by atoms with van der Waals surface area (Å²) in [7, 11) is 1.79. The number of nitro groups is 1. The van der Waals surface area contributed by atoms with Crippen LogP contribution in [0.5, 0.6) is 0 Å². The molecule has 110 valence electrons. The standard InChI is InChI=1S/C13H19N3O4/c1-10(17)7-8-15(2)9-13(18)14-11-3-5-12(6-4-11)16(19)20/h3-6,10,17H,7-9H2,1-2H3,(H,14,18). The lowest BCUT2D eigenvalue weighted by molar-refractivity contribution is -0.384. The Morgan fingerprint density at radius 2 is 2.05 bits per heavy atom. The normalized spacial score (nSPS) is 12.2. The van der Waals surface area contributed by atoms with Crippen molar-refractivity contribution >= 4 is 17.3 Å². The maximum atomic E-state index is 11.7. The zero-order chi connectivity index (χ0) is 15.1. The van der Waals surface area contributed by atoms with Crippen LogP contribution in [0.3, 0.4) is 0 Å². The minimum Gasteiger partial charge on any atom is -0.393 e. The van der Waals surface area contributed by atoms with Crippen molar-refractivity contribution in [2.45, 2.75) is 19.4 Å². The zero-order valence-electron chi connectivity index (χ0n) is 11.6. The van der Waals surface area contributed by atoms with Crippen LogP contribution >= 0.6 is 0 Å². The number of benzene rings is 1.